The lowest BCUT2D eigenvalue weighted by atomic mass is 9.62. The molecule has 176 valence electrons. The Hall–Kier alpha value is -2.26. The maximum Gasteiger partial charge on any atom is 0.0699 e. The predicted octanol–water partition coefficient (Wildman–Crippen LogP) is 8.92. The number of rotatable bonds is 5. The Kier molecular flexibility index (Phi) is 7.14. The van der Waals surface area contributed by atoms with Gasteiger partial charge in [0.25, 0.3) is 0 Å². The van der Waals surface area contributed by atoms with E-state index in [1.165, 1.54) is 61.2 Å². The normalized spacial score (nSPS) is 16.3. The summed E-state index contributed by atoms with van der Waals surface area (Å²) < 4.78 is 4.97. The largest absolute Gasteiger partial charge is 0.123 e. The van der Waals surface area contributed by atoms with Crippen molar-refractivity contribution in [2.75, 3.05) is 0 Å². The lowest BCUT2D eigenvalue weighted by molar-refractivity contribution is 0.723. The van der Waals surface area contributed by atoms with Crippen LogP contribution in [0.25, 0.3) is 0 Å². The third-order valence-electron chi connectivity index (χ3n) is 6.87. The molecule has 0 radical (unpaired) electrons. The number of benzene rings is 3. The van der Waals surface area contributed by atoms with Crippen molar-refractivity contribution in [3.8, 4) is 0 Å². The molecule has 0 bridgehead atoms. The van der Waals surface area contributed by atoms with E-state index >= 15 is 0 Å². The summed E-state index contributed by atoms with van der Waals surface area (Å²) in [6, 6.07) is 21.3. The highest BCUT2D eigenvalue weighted by Gasteiger charge is 2.41. The SMILES string of the molecule is C=IC1C=C(C(c2cc(C)cc(C)c2)(c2cc(C)cc(C)c2)c2cc(C)cc(C)c2)C=C(C)C1. The second-order valence-corrected chi connectivity index (χ2v) is 12.8. The Bertz CT molecular complexity index is 1130. The third-order valence-corrected chi connectivity index (χ3v) is 8.81. The number of hydrogen-bond acceptors (Lipinski definition) is 0. The van der Waals surface area contributed by atoms with Gasteiger partial charge in [-0.2, -0.15) is 0 Å². The molecule has 0 heterocycles. The molecule has 0 aliphatic heterocycles. The molecule has 1 atom stereocenters. The van der Waals surface area contributed by atoms with Crippen molar-refractivity contribution < 1.29 is 0 Å². The molecule has 3 aromatic carbocycles. The molecule has 0 spiro atoms. The average molecular weight is 561 g/mol. The summed E-state index contributed by atoms with van der Waals surface area (Å²) in [5, 5.41) is 0. The Balaban J connectivity index is 2.24. The summed E-state index contributed by atoms with van der Waals surface area (Å²) in [5.41, 5.74) is 14.4. The lowest BCUT2D eigenvalue weighted by Gasteiger charge is -2.40. The number of halogens is 1. The zero-order valence-corrected chi connectivity index (χ0v) is 23.9. The fourth-order valence-electron chi connectivity index (χ4n) is 5.84. The first kappa shape index (κ1) is 24.9. The van der Waals surface area contributed by atoms with Crippen LogP contribution >= 0.6 is 20.7 Å². The molecule has 0 aromatic heterocycles. The highest BCUT2D eigenvalue weighted by molar-refractivity contribution is 14.2. The minimum Gasteiger partial charge on any atom is -0.123 e. The summed E-state index contributed by atoms with van der Waals surface area (Å²) in [6.45, 7) is 15.7. The van der Waals surface area contributed by atoms with Gasteiger partial charge in [-0.3, -0.25) is 0 Å². The fraction of sp³-hybridized carbons (Fsp3) is 0.303. The number of alkyl halides is 1. The van der Waals surface area contributed by atoms with Crippen LogP contribution < -0.4 is 0 Å². The molecule has 0 saturated carbocycles. The molecule has 1 aliphatic rings. The third kappa shape index (κ3) is 4.77. The zero-order chi connectivity index (χ0) is 24.6. The van der Waals surface area contributed by atoms with Crippen LogP contribution in [0.15, 0.2) is 77.9 Å². The maximum atomic E-state index is 4.40. The molecule has 0 N–H and O–H groups in total. The fourth-order valence-corrected chi connectivity index (χ4v) is 7.49. The van der Waals surface area contributed by atoms with Crippen LogP contribution in [0.2, 0.25) is 0 Å². The minimum absolute atomic E-state index is 0.132. The van der Waals surface area contributed by atoms with Gasteiger partial charge in [-0.1, -0.05) is 110 Å². The van der Waals surface area contributed by atoms with E-state index in [1.807, 2.05) is 0 Å². The van der Waals surface area contributed by atoms with Crippen molar-refractivity contribution in [3.05, 3.63) is 128 Å². The van der Waals surface area contributed by atoms with Crippen molar-refractivity contribution in [1.29, 1.82) is 0 Å². The van der Waals surface area contributed by atoms with E-state index in [1.54, 1.807) is 0 Å². The maximum absolute atomic E-state index is 4.40. The molecular weight excluding hydrogens is 523 g/mol. The van der Waals surface area contributed by atoms with Crippen LogP contribution in [0.3, 0.4) is 0 Å². The van der Waals surface area contributed by atoms with Crippen molar-refractivity contribution in [3.63, 3.8) is 0 Å². The van der Waals surface area contributed by atoms with E-state index in [-0.39, 0.29) is 26.1 Å². The van der Waals surface area contributed by atoms with Gasteiger partial charge < -0.3 is 0 Å². The molecule has 0 fully saturated rings. The minimum atomic E-state index is -0.372. The highest BCUT2D eigenvalue weighted by Crippen LogP contribution is 2.49. The summed E-state index contributed by atoms with van der Waals surface area (Å²) in [7, 11) is 0. The molecule has 0 saturated heterocycles. The van der Waals surface area contributed by atoms with Crippen LogP contribution in [0.1, 0.15) is 63.4 Å². The van der Waals surface area contributed by atoms with E-state index in [4.69, 9.17) is 0 Å². The van der Waals surface area contributed by atoms with E-state index in [9.17, 15) is 0 Å². The Morgan fingerprint density at radius 3 is 1.29 bits per heavy atom. The second-order valence-electron chi connectivity index (χ2n) is 10.4. The molecular formula is C33H37I. The van der Waals surface area contributed by atoms with Crippen molar-refractivity contribution >= 4 is 25.2 Å². The first-order chi connectivity index (χ1) is 16.1. The lowest BCUT2D eigenvalue weighted by Crippen LogP contribution is -2.33. The number of hydrogen-bond donors (Lipinski definition) is 0. The topological polar surface area (TPSA) is 0 Å². The Labute approximate surface area is 216 Å². The smallest absolute Gasteiger partial charge is 0.0699 e. The zero-order valence-electron chi connectivity index (χ0n) is 21.7. The highest BCUT2D eigenvalue weighted by atomic mass is 127. The number of aryl methyl sites for hydroxylation is 6. The first-order valence-corrected chi connectivity index (χ1v) is 14.9. The Morgan fingerprint density at radius 1 is 0.618 bits per heavy atom. The van der Waals surface area contributed by atoms with Gasteiger partial charge in [0.15, 0.2) is 0 Å². The summed E-state index contributed by atoms with van der Waals surface area (Å²) in [6.07, 6.45) is 6.19. The van der Waals surface area contributed by atoms with Gasteiger partial charge in [0, 0.05) is 3.92 Å². The molecule has 3 aromatic rings. The van der Waals surface area contributed by atoms with E-state index in [0.29, 0.717) is 3.92 Å². The quantitative estimate of drug-likeness (QED) is 0.166. The molecule has 0 nitrogen and oxygen atoms in total. The first-order valence-electron chi connectivity index (χ1n) is 12.1. The predicted molar refractivity (Wildman–Crippen MR) is 159 cm³/mol. The van der Waals surface area contributed by atoms with E-state index < -0.39 is 0 Å². The van der Waals surface area contributed by atoms with Crippen LogP contribution in [-0.4, -0.2) is 8.44 Å². The van der Waals surface area contributed by atoms with Gasteiger partial charge >= 0.3 is 0 Å². The van der Waals surface area contributed by atoms with Crippen molar-refractivity contribution in [2.24, 2.45) is 0 Å². The van der Waals surface area contributed by atoms with Gasteiger partial charge in [0.1, 0.15) is 0 Å². The van der Waals surface area contributed by atoms with Gasteiger partial charge in [-0.05, 0) is 77.2 Å². The van der Waals surface area contributed by atoms with Crippen LogP contribution in [0.5, 0.6) is 0 Å². The van der Waals surface area contributed by atoms with E-state index in [0.717, 1.165) is 6.42 Å². The van der Waals surface area contributed by atoms with Crippen molar-refractivity contribution in [1.82, 2.24) is 0 Å². The van der Waals surface area contributed by atoms with E-state index in [2.05, 4.69) is 120 Å². The average Bonchev–Trinajstić information content (AvgIpc) is 2.72. The van der Waals surface area contributed by atoms with Gasteiger partial charge in [-0.25, -0.2) is 0 Å². The summed E-state index contributed by atoms with van der Waals surface area (Å²) >= 11 is -0.132. The molecule has 1 unspecified atom stereocenters. The number of allylic oxidation sites excluding steroid dienone is 4. The van der Waals surface area contributed by atoms with Crippen LogP contribution in [0.4, 0.5) is 0 Å². The molecule has 4 rings (SSSR count). The molecule has 1 heteroatoms. The van der Waals surface area contributed by atoms with Gasteiger partial charge in [0.05, 0.1) is 5.41 Å². The standard InChI is InChI=1S/C33H37I/c1-21-9-22(2)13-28(12-21)33(29-14-23(3)10-24(4)15-29,30-16-25(5)11-26(6)17-30)31-18-27(7)19-32(20-31)34-8/h9-18,20,32H,8,19H2,1-7H3. The van der Waals surface area contributed by atoms with Gasteiger partial charge in [0.2, 0.25) is 0 Å². The monoisotopic (exact) mass is 560 g/mol. The van der Waals surface area contributed by atoms with Crippen molar-refractivity contribution in [2.45, 2.75) is 64.2 Å². The van der Waals surface area contributed by atoms with Gasteiger partial charge in [-0.15, -0.1) is 20.7 Å². The molecule has 34 heavy (non-hydrogen) atoms. The molecule has 1 aliphatic carbocycles. The molecule has 0 amide bonds. The summed E-state index contributed by atoms with van der Waals surface area (Å²) in [4.78, 5) is 0. The second kappa shape index (κ2) is 9.77. The summed E-state index contributed by atoms with van der Waals surface area (Å²) in [5.74, 6) is 0. The van der Waals surface area contributed by atoms with Crippen LogP contribution in [-0.2, 0) is 5.41 Å². The van der Waals surface area contributed by atoms with Crippen LogP contribution in [0, 0.1) is 41.5 Å². The Morgan fingerprint density at radius 2 is 0.971 bits per heavy atom.